The largest absolute Gasteiger partial charge is 0.369 e. The fourth-order valence-electron chi connectivity index (χ4n) is 4.30. The average Bonchev–Trinajstić information content (AvgIpc) is 3.26. The zero-order chi connectivity index (χ0) is 24.2. The first-order chi connectivity index (χ1) is 15.7. The van der Waals surface area contributed by atoms with Gasteiger partial charge in [0.15, 0.2) is 0 Å². The average molecular weight is 476 g/mol. The number of amides is 1. The Kier molecular flexibility index (Phi) is 8.18. The van der Waals surface area contributed by atoms with Crippen LogP contribution in [0, 0.1) is 13.8 Å². The van der Waals surface area contributed by atoms with Gasteiger partial charge in [0.2, 0.25) is 5.03 Å². The maximum atomic E-state index is 13.6. The Labute approximate surface area is 198 Å². The standard InChI is InChI=1S/C24H37N5O3S/c1-6-12-27(13-7-2)24(30)21-18-28(8-3)25-23(21)33(31,32)29-16-14-26(15-17-29)22-11-9-10-19(4)20(22)5/h9-11,18H,6-8,12-17H2,1-5H3. The number of rotatable bonds is 9. The van der Waals surface area contributed by atoms with Gasteiger partial charge < -0.3 is 9.80 Å². The molecule has 1 aromatic heterocycles. The summed E-state index contributed by atoms with van der Waals surface area (Å²) in [5.41, 5.74) is 3.76. The minimum Gasteiger partial charge on any atom is -0.369 e. The lowest BCUT2D eigenvalue weighted by atomic mass is 10.1. The van der Waals surface area contributed by atoms with E-state index >= 15 is 0 Å². The highest BCUT2D eigenvalue weighted by molar-refractivity contribution is 7.89. The van der Waals surface area contributed by atoms with Crippen molar-refractivity contribution in [1.82, 2.24) is 19.0 Å². The summed E-state index contributed by atoms with van der Waals surface area (Å²) >= 11 is 0. The van der Waals surface area contributed by atoms with Crippen LogP contribution in [0.4, 0.5) is 5.69 Å². The Balaban J connectivity index is 1.85. The van der Waals surface area contributed by atoms with Gasteiger partial charge in [-0.1, -0.05) is 26.0 Å². The molecule has 2 aromatic rings. The third-order valence-electron chi connectivity index (χ3n) is 6.30. The Morgan fingerprint density at radius 2 is 1.67 bits per heavy atom. The molecule has 0 bridgehead atoms. The molecule has 0 atom stereocenters. The van der Waals surface area contributed by atoms with Gasteiger partial charge in [-0.15, -0.1) is 0 Å². The summed E-state index contributed by atoms with van der Waals surface area (Å²) in [5.74, 6) is -0.258. The van der Waals surface area contributed by atoms with Gasteiger partial charge in [-0.05, 0) is 50.8 Å². The normalized spacial score (nSPS) is 15.1. The molecule has 3 rings (SSSR count). The predicted molar refractivity (Wildman–Crippen MR) is 131 cm³/mol. The summed E-state index contributed by atoms with van der Waals surface area (Å²) in [5, 5.41) is 4.21. The minimum absolute atomic E-state index is 0.119. The quantitative estimate of drug-likeness (QED) is 0.556. The van der Waals surface area contributed by atoms with Crippen LogP contribution in [0.2, 0.25) is 0 Å². The number of hydrogen-bond acceptors (Lipinski definition) is 5. The maximum absolute atomic E-state index is 13.6. The molecule has 0 aliphatic carbocycles. The van der Waals surface area contributed by atoms with Crippen molar-refractivity contribution in [2.75, 3.05) is 44.2 Å². The third kappa shape index (κ3) is 5.24. The molecule has 1 aliphatic rings. The number of anilines is 1. The summed E-state index contributed by atoms with van der Waals surface area (Å²) in [6.45, 7) is 13.7. The van der Waals surface area contributed by atoms with Crippen LogP contribution in [0.15, 0.2) is 29.4 Å². The van der Waals surface area contributed by atoms with Crippen LogP contribution in [0.3, 0.4) is 0 Å². The SMILES string of the molecule is CCCN(CCC)C(=O)c1cn(CC)nc1S(=O)(=O)N1CCN(c2cccc(C)c2C)CC1. The van der Waals surface area contributed by atoms with Gasteiger partial charge in [0.1, 0.15) is 0 Å². The molecule has 1 amide bonds. The molecule has 2 heterocycles. The molecule has 0 spiro atoms. The molecule has 0 N–H and O–H groups in total. The van der Waals surface area contributed by atoms with E-state index < -0.39 is 10.0 Å². The summed E-state index contributed by atoms with van der Waals surface area (Å²) in [6, 6.07) is 6.21. The zero-order valence-corrected chi connectivity index (χ0v) is 21.4. The third-order valence-corrected chi connectivity index (χ3v) is 8.13. The molecule has 1 fully saturated rings. The molecular formula is C24H37N5O3S. The van der Waals surface area contributed by atoms with Crippen LogP contribution < -0.4 is 4.90 Å². The molecular weight excluding hydrogens is 438 g/mol. The van der Waals surface area contributed by atoms with Crippen LogP contribution in [0.1, 0.15) is 55.1 Å². The van der Waals surface area contributed by atoms with E-state index in [9.17, 15) is 13.2 Å². The summed E-state index contributed by atoms with van der Waals surface area (Å²) in [4.78, 5) is 17.3. The number of carbonyl (C=O) groups excluding carboxylic acids is 1. The van der Waals surface area contributed by atoms with E-state index in [2.05, 4.69) is 36.0 Å². The van der Waals surface area contributed by atoms with Crippen molar-refractivity contribution in [1.29, 1.82) is 0 Å². The number of aryl methyl sites for hydroxylation is 2. The van der Waals surface area contributed by atoms with E-state index in [4.69, 9.17) is 0 Å². The first-order valence-electron chi connectivity index (χ1n) is 11.9. The highest BCUT2D eigenvalue weighted by Crippen LogP contribution is 2.26. The van der Waals surface area contributed by atoms with Crippen LogP contribution in [0.5, 0.6) is 0 Å². The maximum Gasteiger partial charge on any atom is 0.263 e. The smallest absolute Gasteiger partial charge is 0.263 e. The van der Waals surface area contributed by atoms with Crippen molar-refractivity contribution in [2.45, 2.75) is 59.0 Å². The second kappa shape index (κ2) is 10.7. The first kappa shape index (κ1) is 25.2. The Bertz CT molecular complexity index is 1070. The van der Waals surface area contributed by atoms with Gasteiger partial charge >= 0.3 is 0 Å². The molecule has 9 heteroatoms. The van der Waals surface area contributed by atoms with Crippen LogP contribution >= 0.6 is 0 Å². The van der Waals surface area contributed by atoms with Crippen LogP contribution in [-0.4, -0.2) is 72.6 Å². The lowest BCUT2D eigenvalue weighted by Gasteiger charge is -2.36. The summed E-state index contributed by atoms with van der Waals surface area (Å²) < 4.78 is 30.2. The van der Waals surface area contributed by atoms with E-state index in [1.165, 1.54) is 15.4 Å². The predicted octanol–water partition coefficient (Wildman–Crippen LogP) is 3.29. The van der Waals surface area contributed by atoms with Crippen molar-refractivity contribution in [3.8, 4) is 0 Å². The van der Waals surface area contributed by atoms with E-state index in [0.717, 1.165) is 18.5 Å². The monoisotopic (exact) mass is 475 g/mol. The number of piperazine rings is 1. The zero-order valence-electron chi connectivity index (χ0n) is 20.5. The highest BCUT2D eigenvalue weighted by Gasteiger charge is 2.35. The molecule has 8 nitrogen and oxygen atoms in total. The van der Waals surface area contributed by atoms with Crippen molar-refractivity contribution < 1.29 is 13.2 Å². The lowest BCUT2D eigenvalue weighted by molar-refractivity contribution is 0.0751. The molecule has 0 radical (unpaired) electrons. The van der Waals surface area contributed by atoms with Gasteiger partial charge in [0.25, 0.3) is 15.9 Å². The van der Waals surface area contributed by atoms with Crippen molar-refractivity contribution >= 4 is 21.6 Å². The first-order valence-corrected chi connectivity index (χ1v) is 13.4. The summed E-state index contributed by atoms with van der Waals surface area (Å²) in [6.07, 6.45) is 3.21. The number of hydrogen-bond donors (Lipinski definition) is 0. The number of sulfonamides is 1. The topological polar surface area (TPSA) is 78.8 Å². The molecule has 182 valence electrons. The van der Waals surface area contributed by atoms with E-state index in [1.807, 2.05) is 26.8 Å². The van der Waals surface area contributed by atoms with Gasteiger partial charge in [-0.2, -0.15) is 9.40 Å². The Morgan fingerprint density at radius 1 is 1.03 bits per heavy atom. The number of carbonyl (C=O) groups is 1. The lowest BCUT2D eigenvalue weighted by Crippen LogP contribution is -2.49. The fraction of sp³-hybridized carbons (Fsp3) is 0.583. The second-order valence-electron chi connectivity index (χ2n) is 8.61. The molecule has 0 unspecified atom stereocenters. The van der Waals surface area contributed by atoms with E-state index in [-0.39, 0.29) is 16.5 Å². The number of benzene rings is 1. The Morgan fingerprint density at radius 3 is 2.24 bits per heavy atom. The van der Waals surface area contributed by atoms with Crippen molar-refractivity contribution in [2.24, 2.45) is 0 Å². The molecule has 1 saturated heterocycles. The van der Waals surface area contributed by atoms with Crippen molar-refractivity contribution in [3.05, 3.63) is 41.1 Å². The minimum atomic E-state index is -3.89. The van der Waals surface area contributed by atoms with Crippen molar-refractivity contribution in [3.63, 3.8) is 0 Å². The number of aromatic nitrogens is 2. The Hall–Kier alpha value is -2.39. The number of nitrogens with zero attached hydrogens (tertiary/aromatic N) is 5. The van der Waals surface area contributed by atoms with E-state index in [0.29, 0.717) is 45.8 Å². The van der Waals surface area contributed by atoms with Gasteiger partial charge in [-0.25, -0.2) is 8.42 Å². The molecule has 1 aromatic carbocycles. The van der Waals surface area contributed by atoms with Gasteiger partial charge in [0, 0.05) is 57.7 Å². The van der Waals surface area contributed by atoms with E-state index in [1.54, 1.807) is 15.8 Å². The molecule has 0 saturated carbocycles. The fourth-order valence-corrected chi connectivity index (χ4v) is 5.81. The van der Waals surface area contributed by atoms with Gasteiger partial charge in [0.05, 0.1) is 5.56 Å². The molecule has 1 aliphatic heterocycles. The van der Waals surface area contributed by atoms with Crippen LogP contribution in [-0.2, 0) is 16.6 Å². The van der Waals surface area contributed by atoms with Gasteiger partial charge in [-0.3, -0.25) is 9.48 Å². The molecule has 33 heavy (non-hydrogen) atoms. The summed E-state index contributed by atoms with van der Waals surface area (Å²) in [7, 11) is -3.89. The second-order valence-corrected chi connectivity index (χ2v) is 10.5. The highest BCUT2D eigenvalue weighted by atomic mass is 32.2. The van der Waals surface area contributed by atoms with Crippen LogP contribution in [0.25, 0.3) is 0 Å².